The Morgan fingerprint density at radius 3 is 2.27 bits per heavy atom. The van der Waals surface area contributed by atoms with Gasteiger partial charge in [0.15, 0.2) is 0 Å². The van der Waals surface area contributed by atoms with Gasteiger partial charge < -0.3 is 27.0 Å². The quantitative estimate of drug-likeness (QED) is 0.347. The van der Waals surface area contributed by atoms with Gasteiger partial charge in [0.25, 0.3) is 0 Å². The molecule has 1 heterocycles. The van der Waals surface area contributed by atoms with Crippen molar-refractivity contribution >= 4 is 53.1 Å². The highest BCUT2D eigenvalue weighted by Crippen LogP contribution is 2.19. The Labute approximate surface area is 245 Å². The molecule has 0 radical (unpaired) electrons. The minimum Gasteiger partial charge on any atom is -0.368 e. The van der Waals surface area contributed by atoms with E-state index in [1.807, 2.05) is 45.9 Å². The Hall–Kier alpha value is -2.73. The number of amides is 5. The van der Waals surface area contributed by atoms with Crippen molar-refractivity contribution in [2.75, 3.05) is 18.1 Å². The van der Waals surface area contributed by atoms with Gasteiger partial charge in [0.1, 0.15) is 18.1 Å². The highest BCUT2D eigenvalue weighted by atomic mass is 32.2. The normalized spacial score (nSPS) is 23.5. The summed E-state index contributed by atoms with van der Waals surface area (Å²) in [5.41, 5.74) is 7.81. The summed E-state index contributed by atoms with van der Waals surface area (Å²) >= 11 is 3.10. The predicted octanol–water partition coefficient (Wildman–Crippen LogP) is 1.70. The molecule has 2 bridgehead atoms. The zero-order valence-corrected chi connectivity index (χ0v) is 25.4. The molecular weight excluding hydrogens is 550 g/mol. The van der Waals surface area contributed by atoms with Gasteiger partial charge in [-0.25, -0.2) is 0 Å². The van der Waals surface area contributed by atoms with Gasteiger partial charge in [-0.3, -0.25) is 24.0 Å². The van der Waals surface area contributed by atoms with E-state index in [0.717, 1.165) is 16.9 Å². The van der Waals surface area contributed by atoms with Crippen LogP contribution >= 0.6 is 23.5 Å². The van der Waals surface area contributed by atoms with Crippen molar-refractivity contribution in [1.82, 2.24) is 21.3 Å². The fourth-order valence-electron chi connectivity index (χ4n) is 4.09. The topological polar surface area (TPSA) is 159 Å². The Morgan fingerprint density at radius 1 is 0.975 bits per heavy atom. The van der Waals surface area contributed by atoms with E-state index in [2.05, 4.69) is 27.3 Å². The minimum absolute atomic E-state index is 0.0768. The number of hydrogen-bond acceptors (Lipinski definition) is 7. The number of hydrogen-bond donors (Lipinski definition) is 5. The van der Waals surface area contributed by atoms with Crippen LogP contribution in [0.1, 0.15) is 58.1 Å². The molecule has 0 aromatic heterocycles. The first-order valence-corrected chi connectivity index (χ1v) is 16.0. The highest BCUT2D eigenvalue weighted by molar-refractivity contribution is 7.98. The summed E-state index contributed by atoms with van der Waals surface area (Å²) in [4.78, 5) is 63.7. The number of primary amides is 1. The SMILES string of the molecule is CC[C@H](C)[C@@H]1NC(=O)[C@H](CC(C)C)NC(=O)CNC(=O)CCSCc2cccc(c2)CSCC(C(N)=O)NC1=O. The van der Waals surface area contributed by atoms with Crippen molar-refractivity contribution in [1.29, 1.82) is 0 Å². The first-order chi connectivity index (χ1) is 19.0. The first kappa shape index (κ1) is 33.5. The van der Waals surface area contributed by atoms with Crippen LogP contribution in [-0.4, -0.2) is 65.7 Å². The Bertz CT molecular complexity index is 1040. The third kappa shape index (κ3) is 11.8. The van der Waals surface area contributed by atoms with Gasteiger partial charge in [-0.1, -0.05) is 58.4 Å². The summed E-state index contributed by atoms with van der Waals surface area (Å²) in [5, 5.41) is 10.8. The summed E-state index contributed by atoms with van der Waals surface area (Å²) < 4.78 is 0. The Balaban J connectivity index is 2.28. The number of rotatable bonds is 5. The molecule has 6 N–H and O–H groups in total. The van der Waals surface area contributed by atoms with E-state index in [4.69, 9.17) is 5.73 Å². The molecule has 4 atom stereocenters. The van der Waals surface area contributed by atoms with Crippen LogP contribution in [0.2, 0.25) is 0 Å². The summed E-state index contributed by atoms with van der Waals surface area (Å²) in [6.45, 7) is 7.33. The number of nitrogens with two attached hydrogens (primary N) is 1. The zero-order valence-electron chi connectivity index (χ0n) is 23.8. The van der Waals surface area contributed by atoms with Crippen molar-refractivity contribution in [3.8, 4) is 0 Å². The number of nitrogens with one attached hydrogen (secondary N) is 4. The molecule has 1 aromatic rings. The zero-order chi connectivity index (χ0) is 29.7. The summed E-state index contributed by atoms with van der Waals surface area (Å²) in [6, 6.07) is 5.33. The van der Waals surface area contributed by atoms with Crippen LogP contribution in [0.25, 0.3) is 0 Å². The van der Waals surface area contributed by atoms with Gasteiger partial charge in [0.2, 0.25) is 29.5 Å². The molecule has 1 aromatic carbocycles. The van der Waals surface area contributed by atoms with E-state index in [1.165, 1.54) is 11.8 Å². The lowest BCUT2D eigenvalue weighted by atomic mass is 9.96. The predicted molar refractivity (Wildman–Crippen MR) is 160 cm³/mol. The lowest BCUT2D eigenvalue weighted by molar-refractivity contribution is -0.134. The maximum absolute atomic E-state index is 13.3. The van der Waals surface area contributed by atoms with E-state index in [9.17, 15) is 24.0 Å². The summed E-state index contributed by atoms with van der Waals surface area (Å²) in [5.74, 6) is -0.316. The molecule has 0 saturated carbocycles. The molecule has 0 fully saturated rings. The molecular formula is C28H43N5O5S2. The number of fused-ring (bicyclic) bond motifs is 2. The lowest BCUT2D eigenvalue weighted by Gasteiger charge is -2.28. The molecule has 1 aliphatic heterocycles. The largest absolute Gasteiger partial charge is 0.368 e. The third-order valence-electron chi connectivity index (χ3n) is 6.54. The lowest BCUT2D eigenvalue weighted by Crippen LogP contribution is -2.59. The molecule has 12 heteroatoms. The highest BCUT2D eigenvalue weighted by Gasteiger charge is 2.32. The molecule has 40 heavy (non-hydrogen) atoms. The van der Waals surface area contributed by atoms with Gasteiger partial charge in [0.05, 0.1) is 6.54 Å². The van der Waals surface area contributed by atoms with E-state index < -0.39 is 41.8 Å². The first-order valence-electron chi connectivity index (χ1n) is 13.7. The average molecular weight is 594 g/mol. The van der Waals surface area contributed by atoms with Crippen LogP contribution in [0.3, 0.4) is 0 Å². The van der Waals surface area contributed by atoms with Gasteiger partial charge >= 0.3 is 0 Å². The van der Waals surface area contributed by atoms with Gasteiger partial charge in [-0.15, -0.1) is 0 Å². The van der Waals surface area contributed by atoms with Crippen LogP contribution in [-0.2, 0) is 35.5 Å². The van der Waals surface area contributed by atoms with Crippen LogP contribution in [0, 0.1) is 11.8 Å². The van der Waals surface area contributed by atoms with E-state index >= 15 is 0 Å². The molecule has 5 amide bonds. The van der Waals surface area contributed by atoms with Gasteiger partial charge in [0, 0.05) is 29.4 Å². The molecule has 2 rings (SSSR count). The maximum Gasteiger partial charge on any atom is 0.243 e. The second kappa shape index (κ2) is 17.2. The minimum atomic E-state index is -0.928. The maximum atomic E-state index is 13.3. The van der Waals surface area contributed by atoms with E-state index in [0.29, 0.717) is 24.3 Å². The standard InChI is InChI=1S/C28H43N5O5S2/c1-5-18(4)25-28(38)32-22(26(29)36)16-40-15-20-8-6-7-19(12-20)14-39-10-9-23(34)30-13-24(35)31-21(11-17(2)3)27(37)33-25/h6-8,12,17-18,21-22,25H,5,9-11,13-16H2,1-4H3,(H2,29,36)(H,30,34)(H,31,35)(H,32,38)(H,33,37)/t18-,21-,22?,25-/m0/s1. The second-order valence-corrected chi connectivity index (χ2v) is 12.6. The Morgan fingerprint density at radius 2 is 1.65 bits per heavy atom. The molecule has 0 aliphatic carbocycles. The molecule has 222 valence electrons. The van der Waals surface area contributed by atoms with Crippen LogP contribution < -0.4 is 27.0 Å². The van der Waals surface area contributed by atoms with Crippen LogP contribution in [0.5, 0.6) is 0 Å². The Kier molecular flexibility index (Phi) is 14.4. The van der Waals surface area contributed by atoms with Crippen molar-refractivity contribution in [3.63, 3.8) is 0 Å². The van der Waals surface area contributed by atoms with Crippen molar-refractivity contribution in [2.24, 2.45) is 17.6 Å². The number of benzene rings is 1. The third-order valence-corrected chi connectivity index (χ3v) is 8.68. The molecule has 0 saturated heterocycles. The molecule has 0 spiro atoms. The molecule has 1 unspecified atom stereocenters. The van der Waals surface area contributed by atoms with Gasteiger partial charge in [-0.2, -0.15) is 23.5 Å². The summed E-state index contributed by atoms with van der Waals surface area (Å²) in [7, 11) is 0. The fourth-order valence-corrected chi connectivity index (χ4v) is 5.99. The number of carbonyl (C=O) groups is 5. The van der Waals surface area contributed by atoms with E-state index in [1.54, 1.807) is 11.8 Å². The average Bonchev–Trinajstić information content (AvgIpc) is 2.90. The molecule has 1 aliphatic rings. The van der Waals surface area contributed by atoms with Crippen LogP contribution in [0.4, 0.5) is 0 Å². The monoisotopic (exact) mass is 593 g/mol. The number of thioether (sulfide) groups is 2. The molecule has 10 nitrogen and oxygen atoms in total. The van der Waals surface area contributed by atoms with E-state index in [-0.39, 0.29) is 36.5 Å². The van der Waals surface area contributed by atoms with Crippen molar-refractivity contribution in [3.05, 3.63) is 35.4 Å². The summed E-state index contributed by atoms with van der Waals surface area (Å²) in [6.07, 6.45) is 1.21. The van der Waals surface area contributed by atoms with Crippen LogP contribution in [0.15, 0.2) is 24.3 Å². The van der Waals surface area contributed by atoms with Crippen molar-refractivity contribution < 1.29 is 24.0 Å². The van der Waals surface area contributed by atoms with Crippen molar-refractivity contribution in [2.45, 2.75) is 76.6 Å². The smallest absolute Gasteiger partial charge is 0.243 e. The second-order valence-electron chi connectivity index (χ2n) is 10.5. The fraction of sp³-hybridized carbons (Fsp3) is 0.607. The van der Waals surface area contributed by atoms with Gasteiger partial charge in [-0.05, 0) is 29.4 Å². The number of carbonyl (C=O) groups excluding carboxylic acids is 5.